The summed E-state index contributed by atoms with van der Waals surface area (Å²) in [7, 11) is 1.57. The molecule has 32 heavy (non-hydrogen) atoms. The van der Waals surface area contributed by atoms with Gasteiger partial charge in [0.15, 0.2) is 5.78 Å². The second-order valence-electron chi connectivity index (χ2n) is 7.31. The molecule has 162 valence electrons. The van der Waals surface area contributed by atoms with Crippen molar-refractivity contribution in [3.05, 3.63) is 99.1 Å². The van der Waals surface area contributed by atoms with Crippen molar-refractivity contribution in [2.45, 2.75) is 12.5 Å². The number of carbonyl (C=O) groups excluding carboxylic acids is 2. The van der Waals surface area contributed by atoms with E-state index >= 15 is 0 Å². The average Bonchev–Trinajstić information content (AvgIpc) is 2.83. The van der Waals surface area contributed by atoms with Gasteiger partial charge in [0.1, 0.15) is 11.4 Å². The molecule has 4 rings (SSSR count). The highest BCUT2D eigenvalue weighted by molar-refractivity contribution is 6.15. The van der Waals surface area contributed by atoms with E-state index in [1.165, 1.54) is 18.2 Å². The van der Waals surface area contributed by atoms with Crippen LogP contribution in [0.5, 0.6) is 5.75 Å². The van der Waals surface area contributed by atoms with E-state index in [0.717, 1.165) is 11.3 Å². The standard InChI is InChI=1S/C24H21N3O5/c1-25-20-11-10-15(14-21(20)27(30)31)23(28)16-6-2-3-7-17(16)24(29)26-19-12-13-32-22-9-5-4-8-18(19)22/h2-11,14,19,25H,12-13H2,1H3,(H,26,29)/t19-/m1/s1. The first-order chi connectivity index (χ1) is 15.5. The van der Waals surface area contributed by atoms with Gasteiger partial charge in [-0.15, -0.1) is 0 Å². The molecule has 3 aromatic carbocycles. The molecule has 0 radical (unpaired) electrons. The van der Waals surface area contributed by atoms with Crippen LogP contribution in [0.4, 0.5) is 11.4 Å². The van der Waals surface area contributed by atoms with Gasteiger partial charge in [-0.05, 0) is 24.3 Å². The summed E-state index contributed by atoms with van der Waals surface area (Å²) in [6.45, 7) is 0.476. The summed E-state index contributed by atoms with van der Waals surface area (Å²) < 4.78 is 5.64. The highest BCUT2D eigenvalue weighted by Crippen LogP contribution is 2.32. The van der Waals surface area contributed by atoms with Gasteiger partial charge in [0.05, 0.1) is 23.1 Å². The van der Waals surface area contributed by atoms with Gasteiger partial charge in [0.2, 0.25) is 0 Å². The number of hydrogen-bond donors (Lipinski definition) is 2. The fourth-order valence-electron chi connectivity index (χ4n) is 3.80. The monoisotopic (exact) mass is 431 g/mol. The van der Waals surface area contributed by atoms with Crippen LogP contribution in [0.3, 0.4) is 0 Å². The second kappa shape index (κ2) is 8.89. The Hall–Kier alpha value is -4.20. The van der Waals surface area contributed by atoms with Crippen molar-refractivity contribution < 1.29 is 19.2 Å². The Morgan fingerprint density at radius 1 is 1.03 bits per heavy atom. The first-order valence-electron chi connectivity index (χ1n) is 10.1. The quantitative estimate of drug-likeness (QED) is 0.345. The Kier molecular flexibility index (Phi) is 5.85. The molecule has 8 nitrogen and oxygen atoms in total. The van der Waals surface area contributed by atoms with E-state index in [1.807, 2.05) is 24.3 Å². The van der Waals surface area contributed by atoms with Crippen molar-refractivity contribution in [3.63, 3.8) is 0 Å². The highest BCUT2D eigenvalue weighted by Gasteiger charge is 2.26. The predicted octanol–water partition coefficient (Wildman–Crippen LogP) is 4.12. The van der Waals surface area contributed by atoms with Gasteiger partial charge in [-0.1, -0.05) is 36.4 Å². The van der Waals surface area contributed by atoms with Gasteiger partial charge in [0, 0.05) is 36.2 Å². The summed E-state index contributed by atoms with van der Waals surface area (Å²) in [5.74, 6) is -0.128. The number of nitro groups is 1. The zero-order valence-electron chi connectivity index (χ0n) is 17.3. The number of amides is 1. The minimum Gasteiger partial charge on any atom is -0.493 e. The molecule has 0 aliphatic carbocycles. The summed E-state index contributed by atoms with van der Waals surface area (Å²) in [5, 5.41) is 17.1. The van der Waals surface area contributed by atoms with Crippen molar-refractivity contribution in [3.8, 4) is 5.75 Å². The Balaban J connectivity index is 1.64. The van der Waals surface area contributed by atoms with Crippen molar-refractivity contribution in [1.29, 1.82) is 0 Å². The number of ketones is 1. The number of para-hydroxylation sites is 1. The van der Waals surface area contributed by atoms with Gasteiger partial charge < -0.3 is 15.4 Å². The molecule has 1 aliphatic heterocycles. The maximum absolute atomic E-state index is 13.2. The summed E-state index contributed by atoms with van der Waals surface area (Å²) >= 11 is 0. The number of nitrogens with zero attached hydrogens (tertiary/aromatic N) is 1. The van der Waals surface area contributed by atoms with Crippen molar-refractivity contribution in [1.82, 2.24) is 5.32 Å². The van der Waals surface area contributed by atoms with Crippen molar-refractivity contribution in [2.75, 3.05) is 19.0 Å². The van der Waals surface area contributed by atoms with Crippen molar-refractivity contribution in [2.24, 2.45) is 0 Å². The van der Waals surface area contributed by atoms with Crippen LogP contribution in [-0.2, 0) is 0 Å². The molecule has 0 spiro atoms. The Morgan fingerprint density at radius 3 is 2.50 bits per heavy atom. The SMILES string of the molecule is CNc1ccc(C(=O)c2ccccc2C(=O)N[C@@H]2CCOc3ccccc32)cc1[N+](=O)[O-]. The van der Waals surface area contributed by atoms with Gasteiger partial charge in [-0.3, -0.25) is 19.7 Å². The molecule has 0 fully saturated rings. The molecule has 2 N–H and O–H groups in total. The van der Waals surface area contributed by atoms with Crippen LogP contribution in [0.1, 0.15) is 44.3 Å². The largest absolute Gasteiger partial charge is 0.493 e. The van der Waals surface area contributed by atoms with Gasteiger partial charge in [-0.25, -0.2) is 0 Å². The second-order valence-corrected chi connectivity index (χ2v) is 7.31. The lowest BCUT2D eigenvalue weighted by molar-refractivity contribution is -0.384. The van der Waals surface area contributed by atoms with E-state index in [0.29, 0.717) is 18.7 Å². The molecule has 0 unspecified atom stereocenters. The molecule has 3 aromatic rings. The number of fused-ring (bicyclic) bond motifs is 1. The minimum atomic E-state index is -0.552. The first kappa shape index (κ1) is 21.0. The molecule has 0 saturated carbocycles. The van der Waals surface area contributed by atoms with E-state index in [1.54, 1.807) is 31.3 Å². The Morgan fingerprint density at radius 2 is 1.75 bits per heavy atom. The van der Waals surface area contributed by atoms with Crippen LogP contribution in [0.25, 0.3) is 0 Å². The number of hydrogen-bond acceptors (Lipinski definition) is 6. The third-order valence-corrected chi connectivity index (χ3v) is 5.41. The molecule has 0 saturated heterocycles. The Bertz CT molecular complexity index is 1210. The summed E-state index contributed by atoms with van der Waals surface area (Å²) in [6.07, 6.45) is 0.608. The Labute approximate surface area is 184 Å². The topological polar surface area (TPSA) is 111 Å². The van der Waals surface area contributed by atoms with E-state index in [9.17, 15) is 19.7 Å². The number of anilines is 1. The van der Waals surface area contributed by atoms with Crippen LogP contribution >= 0.6 is 0 Å². The van der Waals surface area contributed by atoms with Crippen LogP contribution in [0.2, 0.25) is 0 Å². The van der Waals surface area contributed by atoms with Crippen LogP contribution in [0.15, 0.2) is 66.7 Å². The molecular formula is C24H21N3O5. The zero-order valence-corrected chi connectivity index (χ0v) is 17.3. The molecule has 1 amide bonds. The summed E-state index contributed by atoms with van der Waals surface area (Å²) in [6, 6.07) is 17.9. The fourth-order valence-corrected chi connectivity index (χ4v) is 3.80. The fraction of sp³-hybridized carbons (Fsp3) is 0.167. The lowest BCUT2D eigenvalue weighted by atomic mass is 9.96. The summed E-state index contributed by atoms with van der Waals surface area (Å²) in [5.41, 5.74) is 1.50. The van der Waals surface area contributed by atoms with Gasteiger partial charge in [0.25, 0.3) is 11.6 Å². The smallest absolute Gasteiger partial charge is 0.293 e. The highest BCUT2D eigenvalue weighted by atomic mass is 16.6. The van der Waals surface area contributed by atoms with Gasteiger partial charge >= 0.3 is 0 Å². The van der Waals surface area contributed by atoms with Crippen molar-refractivity contribution >= 4 is 23.1 Å². The van der Waals surface area contributed by atoms with Crippen LogP contribution < -0.4 is 15.4 Å². The normalized spacial score (nSPS) is 14.6. The molecule has 0 bridgehead atoms. The number of benzene rings is 3. The molecule has 0 aromatic heterocycles. The maximum Gasteiger partial charge on any atom is 0.293 e. The van der Waals surface area contributed by atoms with Crippen LogP contribution in [-0.4, -0.2) is 30.3 Å². The number of nitrogens with one attached hydrogen (secondary N) is 2. The molecular weight excluding hydrogens is 410 g/mol. The molecule has 1 heterocycles. The molecule has 8 heteroatoms. The van der Waals surface area contributed by atoms with E-state index in [2.05, 4.69) is 10.6 Å². The summed E-state index contributed by atoms with van der Waals surface area (Å²) in [4.78, 5) is 37.1. The van der Waals surface area contributed by atoms with E-state index in [4.69, 9.17) is 4.74 Å². The number of rotatable bonds is 6. The number of nitro benzene ring substituents is 1. The lowest BCUT2D eigenvalue weighted by Gasteiger charge is -2.26. The van der Waals surface area contributed by atoms with Gasteiger partial charge in [-0.2, -0.15) is 0 Å². The third-order valence-electron chi connectivity index (χ3n) is 5.41. The molecule has 1 atom stereocenters. The minimum absolute atomic E-state index is 0.132. The number of ether oxygens (including phenoxy) is 1. The predicted molar refractivity (Wildman–Crippen MR) is 119 cm³/mol. The first-order valence-corrected chi connectivity index (χ1v) is 10.1. The average molecular weight is 431 g/mol. The van der Waals surface area contributed by atoms with E-state index in [-0.39, 0.29) is 28.4 Å². The van der Waals surface area contributed by atoms with E-state index < -0.39 is 16.6 Å². The molecule has 1 aliphatic rings. The number of carbonyl (C=O) groups is 2. The van der Waals surface area contributed by atoms with Crippen LogP contribution in [0, 0.1) is 10.1 Å². The third kappa shape index (κ3) is 4.02. The maximum atomic E-state index is 13.2. The zero-order chi connectivity index (χ0) is 22.7. The lowest BCUT2D eigenvalue weighted by Crippen LogP contribution is -2.33.